The van der Waals surface area contributed by atoms with Gasteiger partial charge in [-0.05, 0) is 67.7 Å². The minimum Gasteiger partial charge on any atom is -0.459 e. The van der Waals surface area contributed by atoms with Crippen LogP contribution < -0.4 is 0 Å². The Morgan fingerprint density at radius 2 is 1.72 bits per heavy atom. The number of halogens is 4. The minimum absolute atomic E-state index is 0.0204. The number of carbonyl (C=O) groups is 1. The van der Waals surface area contributed by atoms with Gasteiger partial charge in [-0.25, -0.2) is 13.6 Å². The summed E-state index contributed by atoms with van der Waals surface area (Å²) in [5.74, 6) is -5.44. The molecular weight excluding hydrogens is 440 g/mol. The zero-order valence-corrected chi connectivity index (χ0v) is 18.9. The van der Waals surface area contributed by atoms with Gasteiger partial charge >= 0.3 is 5.97 Å². The van der Waals surface area contributed by atoms with Gasteiger partial charge in [-0.2, -0.15) is 8.78 Å². The van der Waals surface area contributed by atoms with Crippen molar-refractivity contribution in [2.75, 3.05) is 0 Å². The standard InChI is InChI=1S/C25H28F4O2S/c1-2-3-9-19(20-14-15-21(32-25(28)29)23(27)22(20)26)16-10-12-18(13-11-16)31-24(30)17-7-5-4-6-8-17/h4-8,14-16,18-19,25H,2-3,9-13H2,1H3. The van der Waals surface area contributed by atoms with E-state index in [0.29, 0.717) is 24.8 Å². The van der Waals surface area contributed by atoms with Crippen LogP contribution in [0.3, 0.4) is 0 Å². The third-order valence-electron chi connectivity index (χ3n) is 6.13. The van der Waals surface area contributed by atoms with E-state index >= 15 is 0 Å². The predicted molar refractivity (Wildman–Crippen MR) is 118 cm³/mol. The third-order valence-corrected chi connectivity index (χ3v) is 6.88. The molecular formula is C25H28F4O2S. The highest BCUT2D eigenvalue weighted by Gasteiger charge is 2.32. The topological polar surface area (TPSA) is 26.3 Å². The Bertz CT molecular complexity index is 883. The number of rotatable bonds is 9. The largest absolute Gasteiger partial charge is 0.459 e. The van der Waals surface area contributed by atoms with Crippen LogP contribution in [0.25, 0.3) is 0 Å². The second-order valence-corrected chi connectivity index (χ2v) is 9.25. The Morgan fingerprint density at radius 1 is 1.03 bits per heavy atom. The molecule has 0 amide bonds. The number of benzene rings is 2. The maximum atomic E-state index is 14.9. The highest BCUT2D eigenvalue weighted by atomic mass is 32.2. The zero-order valence-electron chi connectivity index (χ0n) is 18.0. The van der Waals surface area contributed by atoms with Crippen molar-refractivity contribution in [1.82, 2.24) is 0 Å². The van der Waals surface area contributed by atoms with Crippen molar-refractivity contribution >= 4 is 17.7 Å². The Kier molecular flexibility index (Phi) is 9.02. The van der Waals surface area contributed by atoms with Crippen LogP contribution in [0.1, 0.15) is 73.7 Å². The summed E-state index contributed by atoms with van der Waals surface area (Å²) in [5.41, 5.74) is 0.772. The van der Waals surface area contributed by atoms with Crippen LogP contribution >= 0.6 is 11.8 Å². The second-order valence-electron chi connectivity index (χ2n) is 8.22. The molecule has 1 saturated carbocycles. The molecule has 32 heavy (non-hydrogen) atoms. The summed E-state index contributed by atoms with van der Waals surface area (Å²) in [6, 6.07) is 11.5. The van der Waals surface area contributed by atoms with E-state index in [-0.39, 0.29) is 46.1 Å². The third kappa shape index (κ3) is 6.27. The number of ether oxygens (including phenoxy) is 1. The minimum atomic E-state index is -2.81. The molecule has 0 bridgehead atoms. The molecule has 0 radical (unpaired) electrons. The molecule has 2 nitrogen and oxygen atoms in total. The molecule has 3 rings (SSSR count). The van der Waals surface area contributed by atoms with E-state index in [2.05, 4.69) is 0 Å². The van der Waals surface area contributed by atoms with Gasteiger partial charge in [0, 0.05) is 0 Å². The molecule has 2 aromatic rings. The molecule has 0 aliphatic heterocycles. The van der Waals surface area contributed by atoms with Crippen molar-refractivity contribution in [2.24, 2.45) is 5.92 Å². The van der Waals surface area contributed by atoms with Crippen molar-refractivity contribution in [3.8, 4) is 0 Å². The van der Waals surface area contributed by atoms with Gasteiger partial charge in [0.15, 0.2) is 11.6 Å². The molecule has 0 spiro atoms. The first-order valence-corrected chi connectivity index (χ1v) is 12.0. The zero-order chi connectivity index (χ0) is 23.1. The molecule has 1 fully saturated rings. The van der Waals surface area contributed by atoms with E-state index in [1.807, 2.05) is 13.0 Å². The van der Waals surface area contributed by atoms with Gasteiger partial charge in [0.25, 0.3) is 5.76 Å². The van der Waals surface area contributed by atoms with Gasteiger partial charge in [-0.15, -0.1) is 0 Å². The summed E-state index contributed by atoms with van der Waals surface area (Å²) in [4.78, 5) is 11.9. The summed E-state index contributed by atoms with van der Waals surface area (Å²) in [6.07, 6.45) is 5.08. The summed E-state index contributed by atoms with van der Waals surface area (Å²) in [6.45, 7) is 2.04. The van der Waals surface area contributed by atoms with Crippen LogP contribution in [0.2, 0.25) is 0 Å². The van der Waals surface area contributed by atoms with Crippen LogP contribution in [-0.4, -0.2) is 17.8 Å². The molecule has 2 aromatic carbocycles. The van der Waals surface area contributed by atoms with Gasteiger partial charge in [-0.1, -0.05) is 55.8 Å². The van der Waals surface area contributed by atoms with E-state index in [4.69, 9.17) is 4.74 Å². The number of alkyl halides is 2. The number of hydrogen-bond donors (Lipinski definition) is 0. The highest BCUT2D eigenvalue weighted by molar-refractivity contribution is 7.99. The predicted octanol–water partition coefficient (Wildman–Crippen LogP) is 7.97. The van der Waals surface area contributed by atoms with Crippen LogP contribution in [0.4, 0.5) is 17.6 Å². The number of hydrogen-bond acceptors (Lipinski definition) is 3. The normalized spacial score (nSPS) is 19.7. The van der Waals surface area contributed by atoms with Crippen LogP contribution in [0.15, 0.2) is 47.4 Å². The quantitative estimate of drug-likeness (QED) is 0.212. The Hall–Kier alpha value is -2.02. The lowest BCUT2D eigenvalue weighted by Gasteiger charge is -2.34. The van der Waals surface area contributed by atoms with Gasteiger partial charge < -0.3 is 4.74 Å². The fourth-order valence-corrected chi connectivity index (χ4v) is 5.02. The number of esters is 1. The Morgan fingerprint density at radius 3 is 2.34 bits per heavy atom. The lowest BCUT2D eigenvalue weighted by molar-refractivity contribution is 0.0149. The molecule has 1 aliphatic carbocycles. The molecule has 7 heteroatoms. The van der Waals surface area contributed by atoms with E-state index in [9.17, 15) is 22.4 Å². The van der Waals surface area contributed by atoms with Crippen molar-refractivity contribution in [1.29, 1.82) is 0 Å². The van der Waals surface area contributed by atoms with Gasteiger partial charge in [0.2, 0.25) is 0 Å². The van der Waals surface area contributed by atoms with Crippen molar-refractivity contribution in [3.63, 3.8) is 0 Å². The molecule has 1 unspecified atom stereocenters. The molecule has 0 saturated heterocycles. The summed E-state index contributed by atoms with van der Waals surface area (Å²) >= 11 is 0.0204. The Labute approximate surface area is 190 Å². The molecule has 174 valence electrons. The fourth-order valence-electron chi connectivity index (χ4n) is 4.49. The average Bonchev–Trinajstić information content (AvgIpc) is 2.79. The number of thioether (sulfide) groups is 1. The molecule has 1 aliphatic rings. The number of unbranched alkanes of at least 4 members (excludes halogenated alkanes) is 1. The lowest BCUT2D eigenvalue weighted by atomic mass is 9.74. The van der Waals surface area contributed by atoms with E-state index < -0.39 is 17.4 Å². The Balaban J connectivity index is 1.68. The van der Waals surface area contributed by atoms with E-state index in [1.54, 1.807) is 24.3 Å². The van der Waals surface area contributed by atoms with E-state index in [0.717, 1.165) is 25.7 Å². The van der Waals surface area contributed by atoms with Gasteiger partial charge in [0.1, 0.15) is 6.10 Å². The average molecular weight is 469 g/mol. The van der Waals surface area contributed by atoms with Crippen LogP contribution in [0, 0.1) is 17.6 Å². The molecule has 0 aromatic heterocycles. The first kappa shape index (κ1) is 24.6. The fraction of sp³-hybridized carbons (Fsp3) is 0.480. The summed E-state index contributed by atoms with van der Waals surface area (Å²) in [5, 5.41) is 0. The molecule has 1 atom stereocenters. The smallest absolute Gasteiger partial charge is 0.338 e. The van der Waals surface area contributed by atoms with Crippen molar-refractivity contribution in [2.45, 2.75) is 74.5 Å². The van der Waals surface area contributed by atoms with Crippen molar-refractivity contribution in [3.05, 3.63) is 65.2 Å². The lowest BCUT2D eigenvalue weighted by Crippen LogP contribution is -2.27. The summed E-state index contributed by atoms with van der Waals surface area (Å²) < 4.78 is 60.2. The van der Waals surface area contributed by atoms with E-state index in [1.165, 1.54) is 12.1 Å². The van der Waals surface area contributed by atoms with Crippen LogP contribution in [0.5, 0.6) is 0 Å². The second kappa shape index (κ2) is 11.7. The SMILES string of the molecule is CCCCC(c1ccc(SC(F)F)c(F)c1F)C1CCC(OC(=O)c2ccccc2)CC1. The summed E-state index contributed by atoms with van der Waals surface area (Å²) in [7, 11) is 0. The molecule has 0 heterocycles. The van der Waals surface area contributed by atoms with Crippen molar-refractivity contribution < 1.29 is 27.1 Å². The maximum absolute atomic E-state index is 14.9. The first-order chi connectivity index (χ1) is 15.4. The van der Waals surface area contributed by atoms with Gasteiger partial charge in [-0.3, -0.25) is 0 Å². The highest BCUT2D eigenvalue weighted by Crippen LogP contribution is 2.42. The van der Waals surface area contributed by atoms with Crippen LogP contribution in [-0.2, 0) is 4.74 Å². The maximum Gasteiger partial charge on any atom is 0.338 e. The number of carbonyl (C=O) groups excluding carboxylic acids is 1. The first-order valence-electron chi connectivity index (χ1n) is 11.1. The molecule has 0 N–H and O–H groups in total. The van der Waals surface area contributed by atoms with Gasteiger partial charge in [0.05, 0.1) is 10.5 Å². The monoisotopic (exact) mass is 468 g/mol.